The van der Waals surface area contributed by atoms with Crippen LogP contribution in [-0.2, 0) is 0 Å². The molecular weight excluding hydrogens is 221 g/mol. The van der Waals surface area contributed by atoms with Crippen molar-refractivity contribution in [3.05, 3.63) is 30.1 Å². The van der Waals surface area contributed by atoms with E-state index in [-0.39, 0.29) is 11.7 Å². The fourth-order valence-corrected chi connectivity index (χ4v) is 1.36. The van der Waals surface area contributed by atoms with Crippen molar-refractivity contribution >= 4 is 11.7 Å². The highest BCUT2D eigenvalue weighted by Crippen LogP contribution is 2.11. The molecule has 1 atom stereocenters. The Kier molecular flexibility index (Phi) is 5.42. The van der Waals surface area contributed by atoms with Crippen LogP contribution in [0.4, 0.5) is 14.9 Å². The van der Waals surface area contributed by atoms with Gasteiger partial charge in [0.05, 0.1) is 5.69 Å². The molecule has 1 rings (SSSR count). The van der Waals surface area contributed by atoms with Crippen LogP contribution in [0.2, 0.25) is 0 Å². The molecule has 17 heavy (non-hydrogen) atoms. The fraction of sp³-hybridized carbons (Fsp3) is 0.417. The van der Waals surface area contributed by atoms with Gasteiger partial charge in [-0.2, -0.15) is 0 Å². The van der Waals surface area contributed by atoms with Crippen LogP contribution in [0.25, 0.3) is 0 Å². The fourth-order valence-electron chi connectivity index (χ4n) is 1.36. The van der Waals surface area contributed by atoms with Crippen LogP contribution in [0.3, 0.4) is 0 Å². The number of anilines is 1. The summed E-state index contributed by atoms with van der Waals surface area (Å²) in [6.07, 6.45) is 1.66. The van der Waals surface area contributed by atoms with Crippen molar-refractivity contribution in [2.45, 2.75) is 25.8 Å². The van der Waals surface area contributed by atoms with Gasteiger partial charge in [0, 0.05) is 12.6 Å². The number of benzene rings is 1. The second-order valence-electron chi connectivity index (χ2n) is 3.98. The summed E-state index contributed by atoms with van der Waals surface area (Å²) < 4.78 is 13.2. The predicted octanol–water partition coefficient (Wildman–Crippen LogP) is 2.07. The molecule has 0 saturated carbocycles. The zero-order valence-corrected chi connectivity index (χ0v) is 9.87. The van der Waals surface area contributed by atoms with Crippen molar-refractivity contribution in [3.8, 4) is 0 Å². The number of carbonyl (C=O) groups excluding carboxylic acids is 1. The Morgan fingerprint density at radius 2 is 2.18 bits per heavy atom. The molecule has 0 saturated heterocycles. The zero-order valence-electron chi connectivity index (χ0n) is 9.87. The van der Waals surface area contributed by atoms with E-state index >= 15 is 0 Å². The predicted molar refractivity (Wildman–Crippen MR) is 66.3 cm³/mol. The van der Waals surface area contributed by atoms with Gasteiger partial charge in [-0.1, -0.05) is 12.1 Å². The molecule has 5 heteroatoms. The molecule has 0 radical (unpaired) electrons. The lowest BCUT2D eigenvalue weighted by molar-refractivity contribution is 0.251. The van der Waals surface area contributed by atoms with Gasteiger partial charge in [0.15, 0.2) is 0 Å². The maximum Gasteiger partial charge on any atom is 0.319 e. The number of amides is 2. The maximum atomic E-state index is 13.2. The average Bonchev–Trinajstić information content (AvgIpc) is 2.27. The Morgan fingerprint density at radius 3 is 2.82 bits per heavy atom. The molecule has 1 aromatic carbocycles. The summed E-state index contributed by atoms with van der Waals surface area (Å²) in [4.78, 5) is 11.4. The van der Waals surface area contributed by atoms with Crippen LogP contribution in [-0.4, -0.2) is 18.6 Å². The van der Waals surface area contributed by atoms with E-state index in [1.807, 2.05) is 6.92 Å². The van der Waals surface area contributed by atoms with Gasteiger partial charge in [0.25, 0.3) is 0 Å². The van der Waals surface area contributed by atoms with E-state index in [0.29, 0.717) is 6.54 Å². The summed E-state index contributed by atoms with van der Waals surface area (Å²) in [7, 11) is 0. The van der Waals surface area contributed by atoms with Crippen LogP contribution >= 0.6 is 0 Å². The molecule has 0 aliphatic carbocycles. The Balaban J connectivity index is 2.28. The van der Waals surface area contributed by atoms with Crippen LogP contribution < -0.4 is 16.4 Å². The molecule has 0 aliphatic rings. The molecule has 0 fully saturated rings. The van der Waals surface area contributed by atoms with Crippen molar-refractivity contribution in [2.75, 3.05) is 11.9 Å². The second kappa shape index (κ2) is 6.85. The summed E-state index contributed by atoms with van der Waals surface area (Å²) in [6, 6.07) is 5.77. The van der Waals surface area contributed by atoms with Gasteiger partial charge in [-0.15, -0.1) is 0 Å². The largest absolute Gasteiger partial charge is 0.338 e. The first-order chi connectivity index (χ1) is 8.09. The molecule has 4 N–H and O–H groups in total. The third kappa shape index (κ3) is 5.31. The van der Waals surface area contributed by atoms with Gasteiger partial charge in [-0.3, -0.25) is 0 Å². The van der Waals surface area contributed by atoms with E-state index in [4.69, 9.17) is 5.73 Å². The van der Waals surface area contributed by atoms with Crippen molar-refractivity contribution in [1.29, 1.82) is 0 Å². The van der Waals surface area contributed by atoms with Gasteiger partial charge < -0.3 is 16.4 Å². The summed E-state index contributed by atoms with van der Waals surface area (Å²) >= 11 is 0. The SMILES string of the molecule is CC(N)CCCNC(=O)Nc1ccccc1F. The molecule has 0 aliphatic heterocycles. The lowest BCUT2D eigenvalue weighted by Gasteiger charge is -2.09. The van der Waals surface area contributed by atoms with Crippen LogP contribution in [0, 0.1) is 5.82 Å². The monoisotopic (exact) mass is 239 g/mol. The van der Waals surface area contributed by atoms with Gasteiger partial charge in [-0.25, -0.2) is 9.18 Å². The number of rotatable bonds is 5. The van der Waals surface area contributed by atoms with Gasteiger partial charge in [0.2, 0.25) is 0 Å². The van der Waals surface area contributed by atoms with E-state index < -0.39 is 11.8 Å². The number of halogens is 1. The van der Waals surface area contributed by atoms with E-state index in [0.717, 1.165) is 12.8 Å². The minimum absolute atomic E-state index is 0.131. The number of urea groups is 1. The number of hydrogen-bond donors (Lipinski definition) is 3. The first kappa shape index (κ1) is 13.4. The van der Waals surface area contributed by atoms with Crippen LogP contribution in [0.5, 0.6) is 0 Å². The third-order valence-electron chi connectivity index (χ3n) is 2.24. The summed E-state index contributed by atoms with van der Waals surface area (Å²) in [5, 5.41) is 5.08. The Hall–Kier alpha value is -1.62. The molecule has 2 amide bonds. The number of carbonyl (C=O) groups is 1. The van der Waals surface area contributed by atoms with Crippen molar-refractivity contribution in [1.82, 2.24) is 5.32 Å². The summed E-state index contributed by atoms with van der Waals surface area (Å²) in [6.45, 7) is 2.45. The highest BCUT2D eigenvalue weighted by Gasteiger charge is 2.04. The highest BCUT2D eigenvalue weighted by molar-refractivity contribution is 5.89. The lowest BCUT2D eigenvalue weighted by Crippen LogP contribution is -2.30. The topological polar surface area (TPSA) is 67.1 Å². The molecule has 0 aromatic heterocycles. The van der Waals surface area contributed by atoms with E-state index in [1.165, 1.54) is 12.1 Å². The summed E-state index contributed by atoms with van der Waals surface area (Å²) in [5.41, 5.74) is 5.75. The van der Waals surface area contributed by atoms with Gasteiger partial charge in [0.1, 0.15) is 5.82 Å². The van der Waals surface area contributed by atoms with Crippen molar-refractivity contribution in [3.63, 3.8) is 0 Å². The third-order valence-corrected chi connectivity index (χ3v) is 2.24. The summed E-state index contributed by atoms with van der Waals surface area (Å²) in [5.74, 6) is -0.446. The minimum Gasteiger partial charge on any atom is -0.338 e. The first-order valence-corrected chi connectivity index (χ1v) is 5.64. The van der Waals surface area contributed by atoms with E-state index in [9.17, 15) is 9.18 Å². The van der Waals surface area contributed by atoms with Crippen LogP contribution in [0.15, 0.2) is 24.3 Å². The first-order valence-electron chi connectivity index (χ1n) is 5.64. The molecule has 1 aromatic rings. The molecule has 94 valence electrons. The second-order valence-corrected chi connectivity index (χ2v) is 3.98. The quantitative estimate of drug-likeness (QED) is 0.689. The maximum absolute atomic E-state index is 13.2. The molecular formula is C12H18FN3O. The standard InChI is InChI=1S/C12H18FN3O/c1-9(14)5-4-8-15-12(17)16-11-7-3-2-6-10(11)13/h2-3,6-7,9H,4-5,8,14H2,1H3,(H2,15,16,17). The zero-order chi connectivity index (χ0) is 12.7. The Bertz CT molecular complexity index is 369. The molecule has 4 nitrogen and oxygen atoms in total. The minimum atomic E-state index is -0.446. The van der Waals surface area contributed by atoms with Gasteiger partial charge in [-0.05, 0) is 31.9 Å². The number of hydrogen-bond acceptors (Lipinski definition) is 2. The molecule has 0 spiro atoms. The Labute approximate surface area is 100 Å². The number of nitrogens with one attached hydrogen (secondary N) is 2. The van der Waals surface area contributed by atoms with Crippen molar-refractivity contribution < 1.29 is 9.18 Å². The smallest absolute Gasteiger partial charge is 0.319 e. The average molecular weight is 239 g/mol. The van der Waals surface area contributed by atoms with E-state index in [2.05, 4.69) is 10.6 Å². The van der Waals surface area contributed by atoms with E-state index in [1.54, 1.807) is 12.1 Å². The normalized spacial score (nSPS) is 11.9. The number of para-hydroxylation sites is 1. The van der Waals surface area contributed by atoms with Gasteiger partial charge >= 0.3 is 6.03 Å². The lowest BCUT2D eigenvalue weighted by atomic mass is 10.2. The highest BCUT2D eigenvalue weighted by atomic mass is 19.1. The number of nitrogens with two attached hydrogens (primary N) is 1. The molecule has 0 heterocycles. The van der Waals surface area contributed by atoms with Crippen molar-refractivity contribution in [2.24, 2.45) is 5.73 Å². The molecule has 0 bridgehead atoms. The Morgan fingerprint density at radius 1 is 1.47 bits per heavy atom. The molecule has 1 unspecified atom stereocenters. The van der Waals surface area contributed by atoms with Crippen LogP contribution in [0.1, 0.15) is 19.8 Å².